The summed E-state index contributed by atoms with van der Waals surface area (Å²) < 4.78 is 0. The summed E-state index contributed by atoms with van der Waals surface area (Å²) >= 11 is 0. The molecule has 0 bridgehead atoms. The monoisotopic (exact) mass is 314 g/mol. The third-order valence-electron chi connectivity index (χ3n) is 4.08. The molecule has 0 saturated carbocycles. The highest BCUT2D eigenvalue weighted by atomic mass is 16.2. The fraction of sp³-hybridized carbons (Fsp3) is 0.474. The number of benzene rings is 1. The third-order valence-corrected chi connectivity index (χ3v) is 4.08. The molecule has 124 valence electrons. The van der Waals surface area contributed by atoms with Crippen molar-refractivity contribution in [3.63, 3.8) is 0 Å². The highest BCUT2D eigenvalue weighted by molar-refractivity contribution is 5.92. The molecule has 23 heavy (non-hydrogen) atoms. The van der Waals surface area contributed by atoms with Crippen molar-refractivity contribution in [3.05, 3.63) is 42.0 Å². The smallest absolute Gasteiger partial charge is 0.246 e. The third kappa shape index (κ3) is 5.55. The van der Waals surface area contributed by atoms with Gasteiger partial charge in [-0.25, -0.2) is 0 Å². The second kappa shape index (κ2) is 8.51. The summed E-state index contributed by atoms with van der Waals surface area (Å²) in [7, 11) is 0. The second-order valence-corrected chi connectivity index (χ2v) is 6.48. The zero-order valence-corrected chi connectivity index (χ0v) is 14.0. The fourth-order valence-electron chi connectivity index (χ4n) is 2.65. The number of likely N-dealkylation sites (tertiary alicyclic amines) is 1. The number of hydrogen-bond donors (Lipinski definition) is 1. The fourth-order valence-corrected chi connectivity index (χ4v) is 2.65. The Morgan fingerprint density at radius 2 is 1.87 bits per heavy atom. The Morgan fingerprint density at radius 3 is 2.48 bits per heavy atom. The molecule has 1 N–H and O–H groups in total. The molecule has 4 nitrogen and oxygen atoms in total. The van der Waals surface area contributed by atoms with Crippen molar-refractivity contribution >= 4 is 17.9 Å². The van der Waals surface area contributed by atoms with Crippen molar-refractivity contribution in [2.45, 2.75) is 26.7 Å². The van der Waals surface area contributed by atoms with Crippen molar-refractivity contribution in [1.82, 2.24) is 10.2 Å². The molecule has 1 aromatic carbocycles. The van der Waals surface area contributed by atoms with Crippen LogP contribution in [0.15, 0.2) is 36.4 Å². The Bertz CT molecular complexity index is 544. The van der Waals surface area contributed by atoms with E-state index in [4.69, 9.17) is 0 Å². The first-order chi connectivity index (χ1) is 11.1. The van der Waals surface area contributed by atoms with Gasteiger partial charge in [0.1, 0.15) is 0 Å². The van der Waals surface area contributed by atoms with E-state index >= 15 is 0 Å². The number of piperidine rings is 1. The van der Waals surface area contributed by atoms with Crippen LogP contribution >= 0.6 is 0 Å². The first kappa shape index (κ1) is 17.3. The van der Waals surface area contributed by atoms with Gasteiger partial charge in [0.2, 0.25) is 11.8 Å². The summed E-state index contributed by atoms with van der Waals surface area (Å²) in [6.45, 7) is 6.19. The van der Waals surface area contributed by atoms with Crippen LogP contribution in [-0.4, -0.2) is 36.3 Å². The van der Waals surface area contributed by atoms with E-state index in [1.165, 1.54) is 0 Å². The molecule has 0 aliphatic carbocycles. The highest BCUT2D eigenvalue weighted by Gasteiger charge is 2.26. The Balaban J connectivity index is 1.78. The maximum absolute atomic E-state index is 12.2. The van der Waals surface area contributed by atoms with Crippen molar-refractivity contribution < 1.29 is 9.59 Å². The summed E-state index contributed by atoms with van der Waals surface area (Å²) in [4.78, 5) is 26.1. The Labute approximate surface area is 138 Å². The van der Waals surface area contributed by atoms with Crippen LogP contribution in [0.5, 0.6) is 0 Å². The summed E-state index contributed by atoms with van der Waals surface area (Å²) in [5.41, 5.74) is 1.02. The van der Waals surface area contributed by atoms with Gasteiger partial charge in [0.05, 0.1) is 0 Å². The van der Waals surface area contributed by atoms with Gasteiger partial charge in [-0.05, 0) is 30.4 Å². The number of nitrogens with zero attached hydrogens (tertiary/aromatic N) is 1. The largest absolute Gasteiger partial charge is 0.356 e. The van der Waals surface area contributed by atoms with Crippen LogP contribution in [0.4, 0.5) is 0 Å². The van der Waals surface area contributed by atoms with Crippen LogP contribution in [0.1, 0.15) is 32.3 Å². The van der Waals surface area contributed by atoms with E-state index < -0.39 is 0 Å². The average Bonchev–Trinajstić information content (AvgIpc) is 2.58. The Morgan fingerprint density at radius 1 is 1.22 bits per heavy atom. The summed E-state index contributed by atoms with van der Waals surface area (Å²) in [6, 6.07) is 9.79. The van der Waals surface area contributed by atoms with Gasteiger partial charge in [-0.1, -0.05) is 44.2 Å². The molecular weight excluding hydrogens is 288 g/mol. The van der Waals surface area contributed by atoms with Crippen LogP contribution in [0.3, 0.4) is 0 Å². The second-order valence-electron chi connectivity index (χ2n) is 6.48. The van der Waals surface area contributed by atoms with Crippen molar-refractivity contribution in [2.75, 3.05) is 19.6 Å². The van der Waals surface area contributed by atoms with Crippen LogP contribution < -0.4 is 5.32 Å². The first-order valence-corrected chi connectivity index (χ1v) is 8.36. The first-order valence-electron chi connectivity index (χ1n) is 8.36. The molecule has 1 fully saturated rings. The molecule has 0 spiro atoms. The quantitative estimate of drug-likeness (QED) is 0.850. The van der Waals surface area contributed by atoms with E-state index in [9.17, 15) is 9.59 Å². The van der Waals surface area contributed by atoms with Gasteiger partial charge in [0, 0.05) is 31.6 Å². The van der Waals surface area contributed by atoms with Crippen molar-refractivity contribution in [2.24, 2.45) is 11.8 Å². The lowest BCUT2D eigenvalue weighted by atomic mass is 9.95. The van der Waals surface area contributed by atoms with E-state index in [0.717, 1.165) is 24.9 Å². The summed E-state index contributed by atoms with van der Waals surface area (Å²) in [6.07, 6.45) is 4.95. The maximum Gasteiger partial charge on any atom is 0.246 e. The van der Waals surface area contributed by atoms with E-state index in [2.05, 4.69) is 19.2 Å². The van der Waals surface area contributed by atoms with Gasteiger partial charge < -0.3 is 10.2 Å². The normalized spacial score (nSPS) is 16.0. The molecule has 0 radical (unpaired) electrons. The van der Waals surface area contributed by atoms with Crippen LogP contribution in [0.2, 0.25) is 0 Å². The zero-order valence-electron chi connectivity index (χ0n) is 14.0. The van der Waals surface area contributed by atoms with Gasteiger partial charge in [0.15, 0.2) is 0 Å². The molecule has 1 aliphatic heterocycles. The van der Waals surface area contributed by atoms with Gasteiger partial charge in [-0.2, -0.15) is 0 Å². The Hall–Kier alpha value is -2.10. The molecule has 0 atom stereocenters. The number of nitrogens with one attached hydrogen (secondary N) is 1. The van der Waals surface area contributed by atoms with E-state index in [1.54, 1.807) is 6.08 Å². The molecule has 1 saturated heterocycles. The topological polar surface area (TPSA) is 49.4 Å². The molecule has 4 heteroatoms. The predicted molar refractivity (Wildman–Crippen MR) is 92.6 cm³/mol. The van der Waals surface area contributed by atoms with Crippen LogP contribution in [0.25, 0.3) is 6.08 Å². The number of carbonyl (C=O) groups is 2. The van der Waals surface area contributed by atoms with E-state index in [0.29, 0.717) is 19.0 Å². The highest BCUT2D eigenvalue weighted by Crippen LogP contribution is 2.18. The van der Waals surface area contributed by atoms with Gasteiger partial charge >= 0.3 is 0 Å². The minimum absolute atomic E-state index is 0.0230. The SMILES string of the molecule is CC(C)CNC(=O)C1CCN(C(=O)/C=C/c2ccccc2)CC1. The van der Waals surface area contributed by atoms with Gasteiger partial charge in [0.25, 0.3) is 0 Å². The standard InChI is InChI=1S/C19H26N2O2/c1-15(2)14-20-19(23)17-10-12-21(13-11-17)18(22)9-8-16-6-4-3-5-7-16/h3-9,15,17H,10-14H2,1-2H3,(H,20,23)/b9-8+. The van der Waals surface area contributed by atoms with Gasteiger partial charge in [-0.3, -0.25) is 9.59 Å². The van der Waals surface area contributed by atoms with E-state index in [1.807, 2.05) is 41.3 Å². The Kier molecular flexibility index (Phi) is 6.39. The molecule has 1 heterocycles. The molecule has 1 aromatic rings. The van der Waals surface area contributed by atoms with Gasteiger partial charge in [-0.15, -0.1) is 0 Å². The summed E-state index contributed by atoms with van der Waals surface area (Å²) in [5, 5.41) is 2.99. The van der Waals surface area contributed by atoms with Crippen molar-refractivity contribution in [3.8, 4) is 0 Å². The minimum Gasteiger partial charge on any atom is -0.356 e. The van der Waals surface area contributed by atoms with Crippen LogP contribution in [0, 0.1) is 11.8 Å². The number of hydrogen-bond acceptors (Lipinski definition) is 2. The van der Waals surface area contributed by atoms with Crippen LogP contribution in [-0.2, 0) is 9.59 Å². The summed E-state index contributed by atoms with van der Waals surface area (Å²) in [5.74, 6) is 0.653. The predicted octanol–water partition coefficient (Wildman–Crippen LogP) is 2.71. The number of rotatable bonds is 5. The molecule has 0 unspecified atom stereocenters. The minimum atomic E-state index is 0.0230. The average molecular weight is 314 g/mol. The lowest BCUT2D eigenvalue weighted by Crippen LogP contribution is -2.43. The molecule has 2 amide bonds. The van der Waals surface area contributed by atoms with E-state index in [-0.39, 0.29) is 17.7 Å². The van der Waals surface area contributed by atoms with Crippen molar-refractivity contribution in [1.29, 1.82) is 0 Å². The number of carbonyl (C=O) groups excluding carboxylic acids is 2. The lowest BCUT2D eigenvalue weighted by Gasteiger charge is -2.30. The zero-order chi connectivity index (χ0) is 16.7. The molecular formula is C19H26N2O2. The maximum atomic E-state index is 12.2. The lowest BCUT2D eigenvalue weighted by molar-refractivity contribution is -0.132. The number of amides is 2. The molecule has 2 rings (SSSR count). The molecule has 1 aliphatic rings. The molecule has 0 aromatic heterocycles.